The van der Waals surface area contributed by atoms with Crippen molar-refractivity contribution in [2.45, 2.75) is 32.2 Å². The van der Waals surface area contributed by atoms with Gasteiger partial charge < -0.3 is 23.7 Å². The van der Waals surface area contributed by atoms with Crippen molar-refractivity contribution in [2.75, 3.05) is 6.61 Å². The lowest BCUT2D eigenvalue weighted by atomic mass is 10.3. The first-order chi connectivity index (χ1) is 8.09. The highest BCUT2D eigenvalue weighted by Gasteiger charge is 2.30. The average molecular weight is 316 g/mol. The molecule has 0 spiro atoms. The molecule has 3 atom stereocenters. The molecular formula is C6H13F3O7P2. The summed E-state index contributed by atoms with van der Waals surface area (Å²) in [6.07, 6.45) is -5.26. The van der Waals surface area contributed by atoms with E-state index in [1.54, 1.807) is 6.92 Å². The van der Waals surface area contributed by atoms with Crippen LogP contribution in [0.2, 0.25) is 0 Å². The molecule has 0 aromatic heterocycles. The van der Waals surface area contributed by atoms with Crippen LogP contribution in [0, 0.1) is 0 Å². The molecule has 0 amide bonds. The van der Waals surface area contributed by atoms with Crippen LogP contribution < -0.4 is 0 Å². The molecule has 0 radical (unpaired) electrons. The van der Waals surface area contributed by atoms with Gasteiger partial charge in [0, 0.05) is 0 Å². The molecule has 18 heavy (non-hydrogen) atoms. The lowest BCUT2D eigenvalue weighted by molar-refractivity contribution is -0.0844. The molecule has 12 heteroatoms. The summed E-state index contributed by atoms with van der Waals surface area (Å²) in [5.74, 6) is 0. The van der Waals surface area contributed by atoms with Crippen molar-refractivity contribution in [3.05, 3.63) is 0 Å². The second kappa shape index (κ2) is 8.39. The summed E-state index contributed by atoms with van der Waals surface area (Å²) >= 11 is 0. The van der Waals surface area contributed by atoms with Gasteiger partial charge in [-0.25, -0.2) is 17.7 Å². The number of phosphoric acid groups is 1. The van der Waals surface area contributed by atoms with Crippen LogP contribution >= 0.6 is 16.4 Å². The SMILES string of the molecule is CC1CCOP(OC(F)C(F)F)O1.O=P(O)(O)O. The molecule has 3 unspecified atom stereocenters. The Morgan fingerprint density at radius 3 is 2.28 bits per heavy atom. The molecule has 1 aliphatic heterocycles. The normalized spacial score (nSPS) is 26.4. The largest absolute Gasteiger partial charge is 0.466 e. The fourth-order valence-electron chi connectivity index (χ4n) is 0.707. The Labute approximate surface area is 102 Å². The number of alkyl halides is 3. The predicted molar refractivity (Wildman–Crippen MR) is 54.3 cm³/mol. The third kappa shape index (κ3) is 11.3. The fourth-order valence-corrected chi connectivity index (χ4v) is 1.79. The van der Waals surface area contributed by atoms with E-state index in [9.17, 15) is 13.2 Å². The van der Waals surface area contributed by atoms with Crippen molar-refractivity contribution < 1.29 is 46.0 Å². The molecule has 1 fully saturated rings. The number of rotatable bonds is 3. The van der Waals surface area contributed by atoms with Gasteiger partial charge in [-0.05, 0) is 13.3 Å². The van der Waals surface area contributed by atoms with Gasteiger partial charge in [-0.1, -0.05) is 0 Å². The maximum absolute atomic E-state index is 12.3. The summed E-state index contributed by atoms with van der Waals surface area (Å²) in [5, 5.41) is 0. The molecule has 7 nitrogen and oxygen atoms in total. The van der Waals surface area contributed by atoms with Gasteiger partial charge in [-0.2, -0.15) is 0 Å². The average Bonchev–Trinajstić information content (AvgIpc) is 2.14. The van der Waals surface area contributed by atoms with Gasteiger partial charge in [-0.15, -0.1) is 0 Å². The maximum Gasteiger partial charge on any atom is 0.466 e. The van der Waals surface area contributed by atoms with Gasteiger partial charge >= 0.3 is 16.4 Å². The van der Waals surface area contributed by atoms with E-state index in [-0.39, 0.29) is 6.10 Å². The Kier molecular flexibility index (Phi) is 8.49. The highest BCUT2D eigenvalue weighted by Crippen LogP contribution is 2.46. The monoisotopic (exact) mass is 316 g/mol. The highest BCUT2D eigenvalue weighted by molar-refractivity contribution is 7.45. The molecule has 1 rings (SSSR count). The molecule has 0 saturated carbocycles. The van der Waals surface area contributed by atoms with E-state index in [4.69, 9.17) is 28.3 Å². The van der Waals surface area contributed by atoms with Gasteiger partial charge in [0.1, 0.15) is 0 Å². The van der Waals surface area contributed by atoms with E-state index in [0.29, 0.717) is 13.0 Å². The molecule has 1 saturated heterocycles. The molecule has 0 aromatic rings. The van der Waals surface area contributed by atoms with Crippen LogP contribution in [0.25, 0.3) is 0 Å². The number of hydrogen-bond donors (Lipinski definition) is 3. The topological polar surface area (TPSA) is 105 Å². The van der Waals surface area contributed by atoms with Crippen LogP contribution in [-0.2, 0) is 18.1 Å². The van der Waals surface area contributed by atoms with Gasteiger partial charge in [0.2, 0.25) is 0 Å². The van der Waals surface area contributed by atoms with Gasteiger partial charge in [0.15, 0.2) is 0 Å². The van der Waals surface area contributed by atoms with E-state index < -0.39 is 29.2 Å². The van der Waals surface area contributed by atoms with E-state index in [1.807, 2.05) is 0 Å². The molecule has 3 N–H and O–H groups in total. The minimum atomic E-state index is -4.64. The second-order valence-corrected chi connectivity index (χ2v) is 5.22. The molecule has 110 valence electrons. The second-order valence-electron chi connectivity index (χ2n) is 3.07. The Hall–Kier alpha value is 0.210. The lowest BCUT2D eigenvalue weighted by Crippen LogP contribution is -2.20. The van der Waals surface area contributed by atoms with E-state index in [2.05, 4.69) is 4.52 Å². The molecule has 1 aliphatic rings. The van der Waals surface area contributed by atoms with Crippen molar-refractivity contribution >= 4 is 16.4 Å². The van der Waals surface area contributed by atoms with Crippen molar-refractivity contribution in [1.82, 2.24) is 0 Å². The fraction of sp³-hybridized carbons (Fsp3) is 1.00. The summed E-state index contributed by atoms with van der Waals surface area (Å²) in [7, 11) is -6.58. The van der Waals surface area contributed by atoms with E-state index in [0.717, 1.165) is 0 Å². The van der Waals surface area contributed by atoms with Crippen LogP contribution in [0.1, 0.15) is 13.3 Å². The van der Waals surface area contributed by atoms with Crippen molar-refractivity contribution in [3.63, 3.8) is 0 Å². The Bertz CT molecular complexity index is 268. The Balaban J connectivity index is 0.000000494. The molecule has 0 aliphatic carbocycles. The standard InChI is InChI=1S/C6H10F3O3P.H3O4P/c1-4-2-3-10-13(11-4)12-6(9)5(7)8;1-5(2,3)4/h4-6H,2-3H2,1H3;(H3,1,2,3,4). The van der Waals surface area contributed by atoms with Crippen LogP contribution in [0.5, 0.6) is 0 Å². The van der Waals surface area contributed by atoms with Crippen molar-refractivity contribution in [3.8, 4) is 0 Å². The summed E-state index contributed by atoms with van der Waals surface area (Å²) in [6.45, 7) is 2.10. The summed E-state index contributed by atoms with van der Waals surface area (Å²) in [4.78, 5) is 21.6. The number of hydrogen-bond acceptors (Lipinski definition) is 4. The first kappa shape index (κ1) is 18.2. The van der Waals surface area contributed by atoms with Gasteiger partial charge in [-0.3, -0.25) is 4.52 Å². The smallest absolute Gasteiger partial charge is 0.312 e. The van der Waals surface area contributed by atoms with Crippen LogP contribution in [-0.4, -0.2) is 40.2 Å². The van der Waals surface area contributed by atoms with E-state index >= 15 is 0 Å². The molecule has 1 heterocycles. The third-order valence-corrected chi connectivity index (χ3v) is 2.67. The quantitative estimate of drug-likeness (QED) is 0.680. The first-order valence-electron chi connectivity index (χ1n) is 4.56. The minimum absolute atomic E-state index is 0.135. The highest BCUT2D eigenvalue weighted by atomic mass is 31.2. The first-order valence-corrected chi connectivity index (χ1v) is 7.22. The zero-order valence-corrected chi connectivity index (χ0v) is 10.9. The molecule has 0 bridgehead atoms. The summed E-state index contributed by atoms with van der Waals surface area (Å²) in [5.41, 5.74) is 0. The lowest BCUT2D eigenvalue weighted by Gasteiger charge is -2.26. The minimum Gasteiger partial charge on any atom is -0.312 e. The van der Waals surface area contributed by atoms with E-state index in [1.165, 1.54) is 0 Å². The summed E-state index contributed by atoms with van der Waals surface area (Å²) in [6, 6.07) is 0. The van der Waals surface area contributed by atoms with Gasteiger partial charge in [0.05, 0.1) is 12.7 Å². The third-order valence-electron chi connectivity index (χ3n) is 1.37. The Morgan fingerprint density at radius 1 is 1.39 bits per heavy atom. The van der Waals surface area contributed by atoms with Crippen LogP contribution in [0.4, 0.5) is 13.2 Å². The van der Waals surface area contributed by atoms with Crippen molar-refractivity contribution in [1.29, 1.82) is 0 Å². The maximum atomic E-state index is 12.3. The zero-order valence-electron chi connectivity index (χ0n) is 9.15. The van der Waals surface area contributed by atoms with Crippen LogP contribution in [0.15, 0.2) is 0 Å². The molecule has 0 aromatic carbocycles. The molecular weight excluding hydrogens is 303 g/mol. The Morgan fingerprint density at radius 2 is 1.89 bits per heavy atom. The van der Waals surface area contributed by atoms with Gasteiger partial charge in [0.25, 0.3) is 12.8 Å². The predicted octanol–water partition coefficient (Wildman–Crippen LogP) is 1.69. The van der Waals surface area contributed by atoms with Crippen molar-refractivity contribution in [2.24, 2.45) is 0 Å². The summed E-state index contributed by atoms with van der Waals surface area (Å²) < 4.78 is 58.6. The zero-order chi connectivity index (χ0) is 14.3. The number of halogens is 3. The van der Waals surface area contributed by atoms with Crippen LogP contribution in [0.3, 0.4) is 0 Å².